The predicted molar refractivity (Wildman–Crippen MR) is 47.8 cm³/mol. The maximum atomic E-state index is 11.2. The zero-order chi connectivity index (χ0) is 10.0. The van der Waals surface area contributed by atoms with E-state index in [1.165, 1.54) is 0 Å². The monoisotopic (exact) mass is 186 g/mol. The van der Waals surface area contributed by atoms with Gasteiger partial charge in [-0.1, -0.05) is 13.3 Å². The van der Waals surface area contributed by atoms with Crippen LogP contribution in [-0.2, 0) is 9.53 Å². The molecule has 0 saturated heterocycles. The van der Waals surface area contributed by atoms with Crippen molar-refractivity contribution >= 4 is 13.1 Å². The molecule has 1 saturated carbocycles. The number of esters is 1. The Hall–Kier alpha value is -0.545. The Morgan fingerprint density at radius 2 is 2.08 bits per heavy atom. The van der Waals surface area contributed by atoms with Gasteiger partial charge >= 0.3 is 13.1 Å². The van der Waals surface area contributed by atoms with E-state index in [0.29, 0.717) is 6.61 Å². The lowest BCUT2D eigenvalue weighted by molar-refractivity contribution is -0.145. The smallest absolute Gasteiger partial charge is 0.455 e. The molecule has 0 amide bonds. The average Bonchev–Trinajstić information content (AvgIpc) is 2.78. The van der Waals surface area contributed by atoms with E-state index in [0.717, 1.165) is 6.42 Å². The minimum Gasteiger partial charge on any atom is -0.466 e. The van der Waals surface area contributed by atoms with Crippen molar-refractivity contribution < 1.29 is 19.6 Å². The first-order valence-corrected chi connectivity index (χ1v) is 4.66. The van der Waals surface area contributed by atoms with Gasteiger partial charge in [-0.2, -0.15) is 0 Å². The van der Waals surface area contributed by atoms with Crippen LogP contribution in [0.1, 0.15) is 20.3 Å². The molecule has 1 aliphatic rings. The number of carbonyl (C=O) groups is 1. The minimum absolute atomic E-state index is 0.0825. The lowest BCUT2D eigenvalue weighted by Gasteiger charge is -1.99. The Morgan fingerprint density at radius 3 is 2.38 bits per heavy atom. The number of ether oxygens (including phenoxy) is 1. The molecule has 0 aromatic rings. The van der Waals surface area contributed by atoms with E-state index in [9.17, 15) is 4.79 Å². The standard InChI is InChI=1S/C8H15BO4/c1-3-5-6(7(5)9(11)12)8(10)13-4-2/h5-7,11-12H,3-4H2,1-2H3/t5-,6+,7+/m0/s1. The molecule has 5 heteroatoms. The number of hydrogen-bond donors (Lipinski definition) is 2. The molecule has 0 spiro atoms. The molecule has 3 atom stereocenters. The van der Waals surface area contributed by atoms with Crippen LogP contribution in [0.25, 0.3) is 0 Å². The molecule has 0 aromatic heterocycles. The summed E-state index contributed by atoms with van der Waals surface area (Å²) in [6.07, 6.45) is 0.783. The van der Waals surface area contributed by atoms with Gasteiger partial charge in [0.1, 0.15) is 0 Å². The molecule has 0 heterocycles. The second-order valence-electron chi connectivity index (χ2n) is 3.34. The van der Waals surface area contributed by atoms with Crippen molar-refractivity contribution in [1.82, 2.24) is 0 Å². The van der Waals surface area contributed by atoms with Gasteiger partial charge in [0.05, 0.1) is 12.5 Å². The van der Waals surface area contributed by atoms with Gasteiger partial charge in [0.15, 0.2) is 0 Å². The van der Waals surface area contributed by atoms with Gasteiger partial charge in [0.2, 0.25) is 0 Å². The minimum atomic E-state index is -1.39. The summed E-state index contributed by atoms with van der Waals surface area (Å²) >= 11 is 0. The summed E-state index contributed by atoms with van der Waals surface area (Å²) in [6.45, 7) is 4.02. The van der Waals surface area contributed by atoms with Gasteiger partial charge < -0.3 is 14.8 Å². The highest BCUT2D eigenvalue weighted by Gasteiger charge is 2.59. The van der Waals surface area contributed by atoms with Crippen molar-refractivity contribution in [2.75, 3.05) is 6.61 Å². The van der Waals surface area contributed by atoms with Crippen LogP contribution in [-0.4, -0.2) is 29.7 Å². The van der Waals surface area contributed by atoms with Crippen molar-refractivity contribution in [3.05, 3.63) is 0 Å². The van der Waals surface area contributed by atoms with Crippen molar-refractivity contribution in [3.63, 3.8) is 0 Å². The summed E-state index contributed by atoms with van der Waals surface area (Å²) in [5.74, 6) is -0.833. The van der Waals surface area contributed by atoms with Gasteiger partial charge in [-0.25, -0.2) is 0 Å². The van der Waals surface area contributed by atoms with Crippen molar-refractivity contribution in [2.24, 2.45) is 11.8 Å². The van der Waals surface area contributed by atoms with Crippen molar-refractivity contribution in [3.8, 4) is 0 Å². The third-order valence-corrected chi connectivity index (χ3v) is 2.60. The topological polar surface area (TPSA) is 66.8 Å². The average molecular weight is 186 g/mol. The molecule has 74 valence electrons. The molecule has 1 fully saturated rings. The summed E-state index contributed by atoms with van der Waals surface area (Å²) in [7, 11) is -1.39. The van der Waals surface area contributed by atoms with E-state index in [-0.39, 0.29) is 23.6 Å². The van der Waals surface area contributed by atoms with E-state index in [1.54, 1.807) is 6.92 Å². The summed E-state index contributed by atoms with van der Waals surface area (Å²) < 4.78 is 4.82. The van der Waals surface area contributed by atoms with Gasteiger partial charge in [-0.3, -0.25) is 4.79 Å². The highest BCUT2D eigenvalue weighted by Crippen LogP contribution is 2.55. The Morgan fingerprint density at radius 1 is 1.46 bits per heavy atom. The molecular formula is C8H15BO4. The fraction of sp³-hybridized carbons (Fsp3) is 0.875. The molecule has 0 aromatic carbocycles. The summed E-state index contributed by atoms with van der Waals surface area (Å²) in [5, 5.41) is 17.9. The van der Waals surface area contributed by atoms with Crippen LogP contribution in [0.2, 0.25) is 5.82 Å². The van der Waals surface area contributed by atoms with Crippen LogP contribution in [0.4, 0.5) is 0 Å². The molecule has 1 aliphatic carbocycles. The van der Waals surface area contributed by atoms with E-state index < -0.39 is 7.12 Å². The maximum Gasteiger partial charge on any atom is 0.455 e. The molecule has 2 N–H and O–H groups in total. The van der Waals surface area contributed by atoms with E-state index in [2.05, 4.69) is 0 Å². The molecule has 0 bridgehead atoms. The van der Waals surface area contributed by atoms with Crippen LogP contribution in [0.5, 0.6) is 0 Å². The molecule has 0 radical (unpaired) electrons. The Bertz CT molecular complexity index is 195. The van der Waals surface area contributed by atoms with Crippen LogP contribution < -0.4 is 0 Å². The Labute approximate surface area is 78.0 Å². The van der Waals surface area contributed by atoms with Crippen molar-refractivity contribution in [1.29, 1.82) is 0 Å². The third kappa shape index (κ3) is 2.03. The molecule has 4 nitrogen and oxygen atoms in total. The fourth-order valence-corrected chi connectivity index (χ4v) is 1.90. The zero-order valence-corrected chi connectivity index (χ0v) is 7.93. The van der Waals surface area contributed by atoms with E-state index in [1.807, 2.05) is 6.92 Å². The van der Waals surface area contributed by atoms with Gasteiger partial charge in [0, 0.05) is 5.82 Å². The van der Waals surface area contributed by atoms with Gasteiger partial charge in [-0.15, -0.1) is 0 Å². The SMILES string of the molecule is CCOC(=O)[C@@H]1[C@H](CC)[C@H]1B(O)O. The maximum absolute atomic E-state index is 11.2. The van der Waals surface area contributed by atoms with Crippen molar-refractivity contribution in [2.45, 2.75) is 26.1 Å². The van der Waals surface area contributed by atoms with E-state index in [4.69, 9.17) is 14.8 Å². The second kappa shape index (κ2) is 4.11. The third-order valence-electron chi connectivity index (χ3n) is 2.60. The lowest BCUT2D eigenvalue weighted by Crippen LogP contribution is -2.15. The zero-order valence-electron chi connectivity index (χ0n) is 7.93. The first-order valence-electron chi connectivity index (χ1n) is 4.66. The summed E-state index contributed by atoms with van der Waals surface area (Å²) in [6, 6.07) is 0. The fourth-order valence-electron chi connectivity index (χ4n) is 1.90. The van der Waals surface area contributed by atoms with Crippen LogP contribution in [0.3, 0.4) is 0 Å². The molecule has 13 heavy (non-hydrogen) atoms. The predicted octanol–water partition coefficient (Wildman–Crippen LogP) is 0.0485. The van der Waals surface area contributed by atoms with Crippen LogP contribution >= 0.6 is 0 Å². The highest BCUT2D eigenvalue weighted by molar-refractivity contribution is 6.45. The molecule has 0 unspecified atom stereocenters. The summed E-state index contributed by atoms with van der Waals surface area (Å²) in [5.41, 5.74) is 0. The Balaban J connectivity index is 2.48. The molecule has 1 rings (SSSR count). The van der Waals surface area contributed by atoms with Gasteiger partial charge in [0.25, 0.3) is 0 Å². The first-order chi connectivity index (χ1) is 6.13. The van der Waals surface area contributed by atoms with Crippen LogP contribution in [0.15, 0.2) is 0 Å². The number of carbonyl (C=O) groups excluding carboxylic acids is 1. The normalized spacial score (nSPS) is 31.2. The van der Waals surface area contributed by atoms with E-state index >= 15 is 0 Å². The van der Waals surface area contributed by atoms with Crippen LogP contribution in [0, 0.1) is 11.8 Å². The molecular weight excluding hydrogens is 171 g/mol. The number of hydrogen-bond acceptors (Lipinski definition) is 4. The second-order valence-corrected chi connectivity index (χ2v) is 3.34. The largest absolute Gasteiger partial charge is 0.466 e. The molecule has 0 aliphatic heterocycles. The lowest BCUT2D eigenvalue weighted by atomic mass is 9.80. The van der Waals surface area contributed by atoms with Gasteiger partial charge in [-0.05, 0) is 12.8 Å². The quantitative estimate of drug-likeness (QED) is 0.480. The number of rotatable bonds is 4. The summed E-state index contributed by atoms with van der Waals surface area (Å²) in [4.78, 5) is 11.2. The highest BCUT2D eigenvalue weighted by atomic mass is 16.5. The Kier molecular flexibility index (Phi) is 3.33. The first kappa shape index (κ1) is 10.5.